The van der Waals surface area contributed by atoms with Gasteiger partial charge in [0.05, 0.1) is 0 Å². The lowest BCUT2D eigenvalue weighted by molar-refractivity contribution is 0.0631. The summed E-state index contributed by atoms with van der Waals surface area (Å²) in [7, 11) is 0. The molecule has 8 heteroatoms. The topological polar surface area (TPSA) is 93.5 Å². The zero-order chi connectivity index (χ0) is 22.3. The third-order valence-corrected chi connectivity index (χ3v) is 4.28. The molecule has 0 unspecified atom stereocenters. The van der Waals surface area contributed by atoms with Crippen LogP contribution in [0.3, 0.4) is 0 Å². The number of carbonyl (C=O) groups excluding carboxylic acids is 2. The van der Waals surface area contributed by atoms with Gasteiger partial charge in [-0.1, -0.05) is 35.8 Å². The summed E-state index contributed by atoms with van der Waals surface area (Å²) < 4.78 is 10.1. The van der Waals surface area contributed by atoms with Gasteiger partial charge in [-0.15, -0.1) is 0 Å². The van der Waals surface area contributed by atoms with Crippen LogP contribution in [0.15, 0.2) is 34.9 Å². The van der Waals surface area contributed by atoms with E-state index in [0.717, 1.165) is 23.1 Å². The van der Waals surface area contributed by atoms with Crippen LogP contribution in [0.4, 0.5) is 10.7 Å². The van der Waals surface area contributed by atoms with E-state index >= 15 is 0 Å². The van der Waals surface area contributed by atoms with Crippen LogP contribution < -0.4 is 10.6 Å². The van der Waals surface area contributed by atoms with Gasteiger partial charge >= 0.3 is 6.09 Å². The second-order valence-corrected chi connectivity index (χ2v) is 8.24. The van der Waals surface area contributed by atoms with E-state index in [1.807, 2.05) is 25.1 Å². The molecule has 7 nitrogen and oxygen atoms in total. The highest BCUT2D eigenvalue weighted by molar-refractivity contribution is 6.30. The molecule has 162 valence electrons. The molecular weight excluding hydrogens is 406 g/mol. The zero-order valence-electron chi connectivity index (χ0n) is 18.0. The molecule has 1 heterocycles. The Balaban J connectivity index is 1.94. The maximum atomic E-state index is 12.4. The minimum Gasteiger partial charge on any atom is -0.444 e. The SMILES string of the molecule is CC/C=C(/CCNC(=O)c1cc(NC(=O)OC(C)(C)C)on1)c1cc(Cl)ccc1C. The third kappa shape index (κ3) is 7.22. The summed E-state index contributed by atoms with van der Waals surface area (Å²) in [6, 6.07) is 7.13. The van der Waals surface area contributed by atoms with Gasteiger partial charge in [0.1, 0.15) is 5.60 Å². The van der Waals surface area contributed by atoms with Gasteiger partial charge in [0.2, 0.25) is 5.88 Å². The van der Waals surface area contributed by atoms with E-state index in [1.165, 1.54) is 6.07 Å². The van der Waals surface area contributed by atoms with Gasteiger partial charge in [0, 0.05) is 17.6 Å². The first-order valence-corrected chi connectivity index (χ1v) is 10.2. The van der Waals surface area contributed by atoms with Crippen LogP contribution >= 0.6 is 11.6 Å². The first kappa shape index (κ1) is 23.5. The number of nitrogens with one attached hydrogen (secondary N) is 2. The predicted octanol–water partition coefficient (Wildman–Crippen LogP) is 5.60. The predicted molar refractivity (Wildman–Crippen MR) is 118 cm³/mol. The largest absolute Gasteiger partial charge is 0.444 e. The zero-order valence-corrected chi connectivity index (χ0v) is 18.7. The number of rotatable bonds is 7. The van der Waals surface area contributed by atoms with E-state index in [4.69, 9.17) is 20.9 Å². The average Bonchev–Trinajstić information content (AvgIpc) is 3.09. The molecule has 2 amide bonds. The van der Waals surface area contributed by atoms with Crippen LogP contribution in [-0.4, -0.2) is 29.3 Å². The second-order valence-electron chi connectivity index (χ2n) is 7.81. The Morgan fingerprint density at radius 2 is 2.00 bits per heavy atom. The molecule has 0 spiro atoms. The number of hydrogen-bond donors (Lipinski definition) is 2. The van der Waals surface area contributed by atoms with Crippen LogP contribution in [0.2, 0.25) is 5.02 Å². The van der Waals surface area contributed by atoms with Gasteiger partial charge in [-0.3, -0.25) is 10.1 Å². The smallest absolute Gasteiger partial charge is 0.414 e. The Hall–Kier alpha value is -2.80. The van der Waals surface area contributed by atoms with E-state index < -0.39 is 17.6 Å². The fourth-order valence-electron chi connectivity index (χ4n) is 2.78. The monoisotopic (exact) mass is 433 g/mol. The highest BCUT2D eigenvalue weighted by atomic mass is 35.5. The number of aromatic nitrogens is 1. The first-order valence-electron chi connectivity index (χ1n) is 9.79. The number of aryl methyl sites for hydroxylation is 1. The third-order valence-electron chi connectivity index (χ3n) is 4.04. The van der Waals surface area contributed by atoms with Gasteiger partial charge in [0.15, 0.2) is 5.69 Å². The molecule has 0 saturated carbocycles. The molecule has 30 heavy (non-hydrogen) atoms. The molecule has 0 bridgehead atoms. The van der Waals surface area contributed by atoms with E-state index in [1.54, 1.807) is 20.8 Å². The molecule has 0 atom stereocenters. The Morgan fingerprint density at radius 1 is 1.27 bits per heavy atom. The van der Waals surface area contributed by atoms with Crippen molar-refractivity contribution < 1.29 is 18.8 Å². The van der Waals surface area contributed by atoms with Crippen LogP contribution in [0.5, 0.6) is 0 Å². The Bertz CT molecular complexity index is 929. The number of benzene rings is 1. The molecule has 2 aromatic rings. The quantitative estimate of drug-likeness (QED) is 0.593. The van der Waals surface area contributed by atoms with Crippen molar-refractivity contribution in [2.75, 3.05) is 11.9 Å². The van der Waals surface area contributed by atoms with Crippen LogP contribution in [0.25, 0.3) is 5.57 Å². The van der Waals surface area contributed by atoms with Gasteiger partial charge < -0.3 is 14.6 Å². The molecule has 2 rings (SSSR count). The number of ether oxygens (including phenoxy) is 1. The van der Waals surface area contributed by atoms with Crippen molar-refractivity contribution in [2.45, 2.75) is 53.1 Å². The van der Waals surface area contributed by atoms with Crippen molar-refractivity contribution in [3.05, 3.63) is 52.2 Å². The Kier molecular flexibility index (Phi) is 8.06. The molecule has 0 aliphatic rings. The van der Waals surface area contributed by atoms with E-state index in [9.17, 15) is 9.59 Å². The maximum Gasteiger partial charge on any atom is 0.414 e. The summed E-state index contributed by atoms with van der Waals surface area (Å²) in [5.74, 6) is -0.356. The number of hydrogen-bond acceptors (Lipinski definition) is 5. The summed E-state index contributed by atoms with van der Waals surface area (Å²) >= 11 is 6.14. The van der Waals surface area contributed by atoms with Crippen LogP contribution in [0, 0.1) is 6.92 Å². The second kappa shape index (κ2) is 10.3. The van der Waals surface area contributed by atoms with E-state index in [2.05, 4.69) is 28.8 Å². The summed E-state index contributed by atoms with van der Waals surface area (Å²) in [5, 5.41) is 9.59. The highest BCUT2D eigenvalue weighted by Gasteiger charge is 2.19. The highest BCUT2D eigenvalue weighted by Crippen LogP contribution is 2.25. The molecule has 0 radical (unpaired) electrons. The number of halogens is 1. The number of amides is 2. The summed E-state index contributed by atoms with van der Waals surface area (Å²) in [6.45, 7) is 9.75. The molecule has 0 aliphatic carbocycles. The number of anilines is 1. The normalized spacial score (nSPS) is 11.9. The van der Waals surface area contributed by atoms with Crippen molar-refractivity contribution in [1.82, 2.24) is 10.5 Å². The number of carbonyl (C=O) groups is 2. The van der Waals surface area contributed by atoms with Crippen LogP contribution in [0.1, 0.15) is 62.2 Å². The van der Waals surface area contributed by atoms with Crippen molar-refractivity contribution >= 4 is 35.1 Å². The molecule has 0 fully saturated rings. The van der Waals surface area contributed by atoms with Gasteiger partial charge in [-0.2, -0.15) is 0 Å². The van der Waals surface area contributed by atoms with Crippen molar-refractivity contribution in [1.29, 1.82) is 0 Å². The number of nitrogens with zero attached hydrogens (tertiary/aromatic N) is 1. The first-order chi connectivity index (χ1) is 14.1. The van der Waals surface area contributed by atoms with E-state index in [-0.39, 0.29) is 11.6 Å². The molecule has 0 aliphatic heterocycles. The molecule has 2 N–H and O–H groups in total. The number of allylic oxidation sites excluding steroid dienone is 1. The molecule has 0 saturated heterocycles. The van der Waals surface area contributed by atoms with Crippen molar-refractivity contribution in [3.8, 4) is 0 Å². The van der Waals surface area contributed by atoms with Crippen molar-refractivity contribution in [2.24, 2.45) is 0 Å². The Labute approximate surface area is 181 Å². The minimum atomic E-state index is -0.683. The van der Waals surface area contributed by atoms with Crippen molar-refractivity contribution in [3.63, 3.8) is 0 Å². The minimum absolute atomic E-state index is 0.0375. The summed E-state index contributed by atoms with van der Waals surface area (Å²) in [5.41, 5.74) is 2.74. The Morgan fingerprint density at radius 3 is 2.67 bits per heavy atom. The average molecular weight is 434 g/mol. The maximum absolute atomic E-state index is 12.4. The van der Waals surface area contributed by atoms with Crippen LogP contribution in [-0.2, 0) is 4.74 Å². The van der Waals surface area contributed by atoms with Gasteiger partial charge in [-0.05, 0) is 69.4 Å². The lowest BCUT2D eigenvalue weighted by atomic mass is 9.97. The van der Waals surface area contributed by atoms with Gasteiger partial charge in [-0.25, -0.2) is 4.79 Å². The fraction of sp³-hybridized carbons (Fsp3) is 0.409. The lowest BCUT2D eigenvalue weighted by Crippen LogP contribution is -2.27. The summed E-state index contributed by atoms with van der Waals surface area (Å²) in [6.07, 6.45) is 2.96. The molecular formula is C22H28ClN3O4. The molecule has 1 aromatic heterocycles. The fourth-order valence-corrected chi connectivity index (χ4v) is 2.95. The standard InChI is InChI=1S/C22H28ClN3O4/c1-6-7-15(17-12-16(23)9-8-14(17)2)10-11-24-20(27)18-13-19(30-26-18)25-21(28)29-22(3,4)5/h7-9,12-13H,6,10-11H2,1-5H3,(H,24,27)(H,25,28)/b15-7-. The molecule has 1 aromatic carbocycles. The van der Waals surface area contributed by atoms with E-state index in [0.29, 0.717) is 18.0 Å². The summed E-state index contributed by atoms with van der Waals surface area (Å²) in [4.78, 5) is 24.1. The van der Waals surface area contributed by atoms with Gasteiger partial charge in [0.25, 0.3) is 5.91 Å². The lowest BCUT2D eigenvalue weighted by Gasteiger charge is -2.18.